The molecule has 2 unspecified atom stereocenters. The van der Waals surface area contributed by atoms with Gasteiger partial charge in [0.25, 0.3) is 0 Å². The number of rotatable bonds is 6. The first-order valence-corrected chi connectivity index (χ1v) is 17.1. The van der Waals surface area contributed by atoms with Crippen LogP contribution in [0.5, 0.6) is 0 Å². The molecule has 0 amide bonds. The standard InChI is InChI=1S/C10H15ClO2.2C10H14O3.C6H8O2/c1-6(2)10(13)9-7(11)4-3-5-8(9)12;1-7(2)10(12)13-9-5-3-4-8(11)6-9;1-6(2)10(13)9-7(11)4-3-5-8(9)12;7-5-2-1-3-6(8)4-5/h6-7,9H,3-5H2,1-2H3;5,7H,3-4,6H2,1-2H3;6,9H,3-5H2,1-2H3;1-4H2. The van der Waals surface area contributed by atoms with E-state index in [2.05, 4.69) is 0 Å². The lowest BCUT2D eigenvalue weighted by atomic mass is 9.80. The highest BCUT2D eigenvalue weighted by atomic mass is 35.5. The minimum atomic E-state index is -0.936. The molecule has 0 saturated heterocycles. The van der Waals surface area contributed by atoms with Crippen LogP contribution >= 0.6 is 11.6 Å². The maximum absolute atomic E-state index is 11.6. The molecule has 10 nitrogen and oxygen atoms in total. The molecule has 0 N–H and O–H groups in total. The Hall–Kier alpha value is -3.14. The van der Waals surface area contributed by atoms with Gasteiger partial charge in [-0.2, -0.15) is 0 Å². The van der Waals surface area contributed by atoms with Crippen molar-refractivity contribution in [3.63, 3.8) is 0 Å². The number of carbonyl (C=O) groups excluding carboxylic acids is 9. The van der Waals surface area contributed by atoms with E-state index < -0.39 is 11.8 Å². The second kappa shape index (κ2) is 21.0. The van der Waals surface area contributed by atoms with Crippen LogP contribution in [0.2, 0.25) is 0 Å². The number of halogens is 1. The third-order valence-electron chi connectivity index (χ3n) is 8.01. The number of ketones is 8. The molecule has 0 aromatic rings. The summed E-state index contributed by atoms with van der Waals surface area (Å²) in [6.45, 7) is 10.6. The van der Waals surface area contributed by atoms with E-state index in [0.29, 0.717) is 57.1 Å². The van der Waals surface area contributed by atoms with Crippen molar-refractivity contribution in [2.45, 2.75) is 130 Å². The zero-order chi connectivity index (χ0) is 35.8. The fraction of sp³-hybridized carbons (Fsp3) is 0.694. The number of Topliss-reactive ketones (excluding diaryl/α,β-unsaturated/α-hetero) is 8. The van der Waals surface area contributed by atoms with Crippen LogP contribution in [0.25, 0.3) is 0 Å². The van der Waals surface area contributed by atoms with Crippen LogP contribution in [0.15, 0.2) is 11.8 Å². The summed E-state index contributed by atoms with van der Waals surface area (Å²) in [6, 6.07) is 0. The Morgan fingerprint density at radius 3 is 1.55 bits per heavy atom. The van der Waals surface area contributed by atoms with Crippen molar-refractivity contribution in [3.8, 4) is 0 Å². The molecule has 47 heavy (non-hydrogen) atoms. The minimum Gasteiger partial charge on any atom is -0.431 e. The lowest BCUT2D eigenvalue weighted by molar-refractivity contribution is -0.145. The normalized spacial score (nSPS) is 22.0. The second-order valence-electron chi connectivity index (χ2n) is 13.3. The van der Waals surface area contributed by atoms with Crippen LogP contribution in [0.1, 0.15) is 125 Å². The van der Waals surface area contributed by atoms with E-state index in [1.165, 1.54) is 0 Å². The van der Waals surface area contributed by atoms with Crippen LogP contribution in [0.4, 0.5) is 0 Å². The highest BCUT2D eigenvalue weighted by Gasteiger charge is 2.37. The van der Waals surface area contributed by atoms with Gasteiger partial charge >= 0.3 is 5.97 Å². The van der Waals surface area contributed by atoms with Gasteiger partial charge in [-0.05, 0) is 38.2 Å². The number of esters is 1. The summed E-state index contributed by atoms with van der Waals surface area (Å²) in [6.07, 6.45) is 9.08. The first-order valence-electron chi connectivity index (χ1n) is 16.7. The molecule has 4 aliphatic carbocycles. The quantitative estimate of drug-likeness (QED) is 0.189. The summed E-state index contributed by atoms with van der Waals surface area (Å²) < 4.78 is 5.02. The average Bonchev–Trinajstić information content (AvgIpc) is 2.97. The lowest BCUT2D eigenvalue weighted by Crippen LogP contribution is -2.37. The fourth-order valence-corrected chi connectivity index (χ4v) is 5.62. The topological polar surface area (TPSA) is 163 Å². The van der Waals surface area contributed by atoms with Crippen LogP contribution < -0.4 is 0 Å². The molecule has 11 heteroatoms. The zero-order valence-electron chi connectivity index (χ0n) is 28.7. The van der Waals surface area contributed by atoms with Gasteiger partial charge in [0.1, 0.15) is 40.6 Å². The fourth-order valence-electron chi connectivity index (χ4n) is 5.20. The number of ether oxygens (including phenoxy) is 1. The van der Waals surface area contributed by atoms with E-state index in [9.17, 15) is 43.2 Å². The van der Waals surface area contributed by atoms with Crippen molar-refractivity contribution in [2.75, 3.05) is 0 Å². The average molecular weight is 679 g/mol. The molecule has 0 aromatic carbocycles. The molecule has 2 atom stereocenters. The van der Waals surface area contributed by atoms with Gasteiger partial charge in [0.05, 0.1) is 30.1 Å². The number of hydrogen-bond acceptors (Lipinski definition) is 10. The molecule has 4 aliphatic rings. The SMILES string of the molecule is CC(C)C(=O)C1C(=O)CCCC1=O.CC(C)C(=O)C1C(=O)CCCC1Cl.CC(C)C(=O)OC1=CCCC(=O)C1.O=C1CCCC(=O)C1. The molecule has 0 spiro atoms. The smallest absolute Gasteiger partial charge is 0.313 e. The van der Waals surface area contributed by atoms with Gasteiger partial charge in [-0.3, -0.25) is 43.2 Å². The third-order valence-corrected chi connectivity index (χ3v) is 8.48. The number of carbonyl (C=O) groups is 9. The van der Waals surface area contributed by atoms with E-state index >= 15 is 0 Å². The number of allylic oxidation sites excluding steroid dienone is 2. The molecule has 262 valence electrons. The maximum Gasteiger partial charge on any atom is 0.313 e. The monoisotopic (exact) mass is 678 g/mol. The van der Waals surface area contributed by atoms with Gasteiger partial charge in [-0.25, -0.2) is 0 Å². The van der Waals surface area contributed by atoms with Gasteiger partial charge < -0.3 is 4.74 Å². The molecular weight excluding hydrogens is 628 g/mol. The molecule has 3 saturated carbocycles. The number of hydrogen-bond donors (Lipinski definition) is 0. The van der Waals surface area contributed by atoms with Crippen molar-refractivity contribution in [2.24, 2.45) is 29.6 Å². The first kappa shape index (κ1) is 41.9. The first-order chi connectivity index (χ1) is 22.0. The Morgan fingerprint density at radius 2 is 1.13 bits per heavy atom. The van der Waals surface area contributed by atoms with E-state index in [4.69, 9.17) is 16.3 Å². The molecule has 0 aliphatic heterocycles. The molecule has 3 fully saturated rings. The van der Waals surface area contributed by atoms with Crippen LogP contribution in [-0.2, 0) is 47.9 Å². The summed E-state index contributed by atoms with van der Waals surface area (Å²) in [7, 11) is 0. The van der Waals surface area contributed by atoms with E-state index in [-0.39, 0.29) is 88.2 Å². The second-order valence-corrected chi connectivity index (χ2v) is 13.9. The number of alkyl halides is 1. The molecule has 0 radical (unpaired) electrons. The Kier molecular flexibility index (Phi) is 18.7. The summed E-state index contributed by atoms with van der Waals surface area (Å²) in [5.41, 5.74) is 0. The van der Waals surface area contributed by atoms with Gasteiger partial charge in [0.2, 0.25) is 0 Å². The predicted octanol–water partition coefficient (Wildman–Crippen LogP) is 5.86. The summed E-state index contributed by atoms with van der Waals surface area (Å²) in [4.78, 5) is 100. The largest absolute Gasteiger partial charge is 0.431 e. The van der Waals surface area contributed by atoms with Crippen molar-refractivity contribution in [1.29, 1.82) is 0 Å². The Morgan fingerprint density at radius 1 is 0.638 bits per heavy atom. The highest BCUT2D eigenvalue weighted by Crippen LogP contribution is 2.28. The minimum absolute atomic E-state index is 0.00435. The van der Waals surface area contributed by atoms with Gasteiger partial charge in [0.15, 0.2) is 17.3 Å². The molecule has 0 bridgehead atoms. The Balaban J connectivity index is 0.000000318. The van der Waals surface area contributed by atoms with Gasteiger partial charge in [0, 0.05) is 50.4 Å². The van der Waals surface area contributed by atoms with E-state index in [0.717, 1.165) is 19.3 Å². The van der Waals surface area contributed by atoms with Gasteiger partial charge in [-0.15, -0.1) is 11.6 Å². The zero-order valence-corrected chi connectivity index (χ0v) is 29.5. The van der Waals surface area contributed by atoms with Crippen LogP contribution in [0.3, 0.4) is 0 Å². The van der Waals surface area contributed by atoms with Gasteiger partial charge in [-0.1, -0.05) is 41.5 Å². The molecular formula is C36H51ClO10. The molecule has 0 heterocycles. The summed E-state index contributed by atoms with van der Waals surface area (Å²) in [5, 5.41) is -0.267. The Labute approximate surface area is 283 Å². The molecule has 4 rings (SSSR count). The van der Waals surface area contributed by atoms with Crippen molar-refractivity contribution in [1.82, 2.24) is 0 Å². The van der Waals surface area contributed by atoms with Crippen LogP contribution in [-0.4, -0.2) is 57.6 Å². The summed E-state index contributed by atoms with van der Waals surface area (Å²) in [5.74, 6) is -1.84. The Bertz CT molecular complexity index is 1200. The van der Waals surface area contributed by atoms with Crippen molar-refractivity contribution < 1.29 is 47.9 Å². The van der Waals surface area contributed by atoms with Crippen LogP contribution in [0, 0.1) is 29.6 Å². The van der Waals surface area contributed by atoms with E-state index in [1.54, 1.807) is 27.7 Å². The maximum atomic E-state index is 11.6. The highest BCUT2D eigenvalue weighted by molar-refractivity contribution is 6.25. The third kappa shape index (κ3) is 15.1. The van der Waals surface area contributed by atoms with E-state index in [1.807, 2.05) is 19.9 Å². The van der Waals surface area contributed by atoms with Crippen molar-refractivity contribution in [3.05, 3.63) is 11.8 Å². The molecule has 0 aromatic heterocycles. The lowest BCUT2D eigenvalue weighted by Gasteiger charge is -2.25. The summed E-state index contributed by atoms with van der Waals surface area (Å²) >= 11 is 5.97. The van der Waals surface area contributed by atoms with Crippen molar-refractivity contribution >= 4 is 63.8 Å². The predicted molar refractivity (Wildman–Crippen MR) is 175 cm³/mol.